The lowest BCUT2D eigenvalue weighted by Crippen LogP contribution is -2.48. The zero-order chi connectivity index (χ0) is 24.8. The number of hydrogen-bond acceptors (Lipinski definition) is 5. The molecule has 3 N–H and O–H groups in total. The zero-order valence-electron chi connectivity index (χ0n) is 18.9. The number of nitro benzene ring substituents is 1. The molecule has 2 amide bonds. The molecule has 0 aromatic heterocycles. The summed E-state index contributed by atoms with van der Waals surface area (Å²) in [6.07, 6.45) is 2.16. The van der Waals surface area contributed by atoms with Crippen molar-refractivity contribution in [3.05, 3.63) is 105 Å². The average Bonchev–Trinajstić information content (AvgIpc) is 3.67. The Bertz CT molecular complexity index is 1230. The fraction of sp³-hybridized carbons (Fsp3) is 0.231. The van der Waals surface area contributed by atoms with Crippen LogP contribution in [0, 0.1) is 10.1 Å². The number of carbonyl (C=O) groups is 2. The van der Waals surface area contributed by atoms with Crippen LogP contribution in [-0.2, 0) is 17.8 Å². The Kier molecular flexibility index (Phi) is 7.62. The summed E-state index contributed by atoms with van der Waals surface area (Å²) in [6, 6.07) is 20.1. The molecule has 0 spiro atoms. The van der Waals surface area contributed by atoms with E-state index in [0.29, 0.717) is 11.4 Å². The highest BCUT2D eigenvalue weighted by Crippen LogP contribution is 2.27. The maximum absolute atomic E-state index is 13.0. The number of rotatable bonds is 10. The predicted molar refractivity (Wildman–Crippen MR) is 134 cm³/mol. The zero-order valence-corrected chi connectivity index (χ0v) is 19.6. The van der Waals surface area contributed by atoms with Crippen LogP contribution < -0.4 is 16.0 Å². The van der Waals surface area contributed by atoms with Crippen LogP contribution in [0.4, 0.5) is 11.4 Å². The van der Waals surface area contributed by atoms with Gasteiger partial charge in [0.25, 0.3) is 11.6 Å². The maximum Gasteiger partial charge on any atom is 0.293 e. The molecule has 3 aromatic carbocycles. The van der Waals surface area contributed by atoms with E-state index in [1.54, 1.807) is 12.1 Å². The molecule has 0 saturated heterocycles. The molecule has 1 saturated carbocycles. The van der Waals surface area contributed by atoms with Gasteiger partial charge in [-0.1, -0.05) is 60.1 Å². The third kappa shape index (κ3) is 6.58. The lowest BCUT2D eigenvalue weighted by molar-refractivity contribution is -0.384. The van der Waals surface area contributed by atoms with Crippen molar-refractivity contribution >= 4 is 34.8 Å². The van der Waals surface area contributed by atoms with Crippen molar-refractivity contribution < 1.29 is 14.5 Å². The van der Waals surface area contributed by atoms with E-state index in [1.807, 2.05) is 42.5 Å². The molecule has 3 aromatic rings. The van der Waals surface area contributed by atoms with E-state index in [4.69, 9.17) is 11.6 Å². The average molecular weight is 493 g/mol. The number of nitrogens with zero attached hydrogens (tertiary/aromatic N) is 1. The molecule has 0 aliphatic heterocycles. The van der Waals surface area contributed by atoms with Gasteiger partial charge in [0.1, 0.15) is 11.7 Å². The largest absolute Gasteiger partial charge is 0.375 e. The Hall–Kier alpha value is -3.91. The van der Waals surface area contributed by atoms with Crippen LogP contribution in [0.2, 0.25) is 5.02 Å². The quantitative estimate of drug-likeness (QED) is 0.285. The molecular formula is C26H25ClN4O4. The normalized spacial score (nSPS) is 13.5. The highest BCUT2D eigenvalue weighted by atomic mass is 35.5. The summed E-state index contributed by atoms with van der Waals surface area (Å²) in [5.41, 5.74) is 1.80. The van der Waals surface area contributed by atoms with Gasteiger partial charge in [-0.15, -0.1) is 0 Å². The first-order chi connectivity index (χ1) is 16.9. The number of nitrogens with one attached hydrogen (secondary N) is 3. The smallest absolute Gasteiger partial charge is 0.293 e. The maximum atomic E-state index is 13.0. The second-order valence-electron chi connectivity index (χ2n) is 8.43. The second kappa shape index (κ2) is 11.0. The highest BCUT2D eigenvalue weighted by Gasteiger charge is 2.29. The molecule has 1 aliphatic rings. The van der Waals surface area contributed by atoms with Gasteiger partial charge >= 0.3 is 0 Å². The number of carbonyl (C=O) groups excluding carboxylic acids is 2. The minimum Gasteiger partial charge on any atom is -0.375 e. The predicted octanol–water partition coefficient (Wildman–Crippen LogP) is 4.48. The molecule has 9 heteroatoms. The summed E-state index contributed by atoms with van der Waals surface area (Å²) in [4.78, 5) is 37.0. The Morgan fingerprint density at radius 1 is 1.03 bits per heavy atom. The Balaban J connectivity index is 1.50. The molecule has 0 unspecified atom stereocenters. The number of halogens is 1. The Morgan fingerprint density at radius 3 is 2.43 bits per heavy atom. The third-order valence-corrected chi connectivity index (χ3v) is 6.08. The van der Waals surface area contributed by atoms with Gasteiger partial charge in [0.05, 0.1) is 4.92 Å². The number of amides is 2. The van der Waals surface area contributed by atoms with Gasteiger partial charge in [0, 0.05) is 35.7 Å². The molecule has 180 valence electrons. The summed E-state index contributed by atoms with van der Waals surface area (Å²) in [5, 5.41) is 21.0. The van der Waals surface area contributed by atoms with Crippen molar-refractivity contribution in [1.29, 1.82) is 0 Å². The third-order valence-electron chi connectivity index (χ3n) is 5.71. The van der Waals surface area contributed by atoms with E-state index < -0.39 is 16.9 Å². The number of benzene rings is 3. The summed E-state index contributed by atoms with van der Waals surface area (Å²) >= 11 is 6.17. The van der Waals surface area contributed by atoms with Crippen molar-refractivity contribution in [2.24, 2.45) is 0 Å². The molecule has 0 radical (unpaired) electrons. The first-order valence-electron chi connectivity index (χ1n) is 11.3. The van der Waals surface area contributed by atoms with Crippen molar-refractivity contribution in [3.8, 4) is 0 Å². The lowest BCUT2D eigenvalue weighted by atomic mass is 10.0. The summed E-state index contributed by atoms with van der Waals surface area (Å²) < 4.78 is 0. The molecule has 8 nitrogen and oxygen atoms in total. The minimum atomic E-state index is -0.803. The fourth-order valence-electron chi connectivity index (χ4n) is 3.64. The molecule has 1 aliphatic carbocycles. The van der Waals surface area contributed by atoms with Crippen LogP contribution >= 0.6 is 11.6 Å². The monoisotopic (exact) mass is 492 g/mol. The Labute approximate surface area is 207 Å². The molecule has 0 bridgehead atoms. The van der Waals surface area contributed by atoms with Crippen LogP contribution in [0.1, 0.15) is 34.3 Å². The SMILES string of the molecule is O=C(N[C@@H](Cc1ccccc1)C(=O)NC1CC1)c1ccc(NCc2ccccc2Cl)c([N+](=O)[O-])c1. The van der Waals surface area contributed by atoms with E-state index in [9.17, 15) is 19.7 Å². The van der Waals surface area contributed by atoms with Gasteiger partial charge in [-0.3, -0.25) is 19.7 Å². The summed E-state index contributed by atoms with van der Waals surface area (Å²) in [5.74, 6) is -0.824. The van der Waals surface area contributed by atoms with Gasteiger partial charge in [-0.25, -0.2) is 0 Å². The number of anilines is 1. The van der Waals surface area contributed by atoms with E-state index in [1.165, 1.54) is 18.2 Å². The second-order valence-corrected chi connectivity index (χ2v) is 8.84. The van der Waals surface area contributed by atoms with Gasteiger partial charge in [-0.2, -0.15) is 0 Å². The van der Waals surface area contributed by atoms with E-state index in [0.717, 1.165) is 24.0 Å². The summed E-state index contributed by atoms with van der Waals surface area (Å²) in [7, 11) is 0. The van der Waals surface area contributed by atoms with Crippen molar-refractivity contribution in [3.63, 3.8) is 0 Å². The van der Waals surface area contributed by atoms with E-state index in [-0.39, 0.29) is 35.4 Å². The van der Waals surface area contributed by atoms with Crippen molar-refractivity contribution in [1.82, 2.24) is 10.6 Å². The molecule has 0 heterocycles. The van der Waals surface area contributed by atoms with E-state index in [2.05, 4.69) is 16.0 Å². The fourth-order valence-corrected chi connectivity index (χ4v) is 3.84. The first kappa shape index (κ1) is 24.2. The van der Waals surface area contributed by atoms with Crippen LogP contribution in [0.25, 0.3) is 0 Å². The van der Waals surface area contributed by atoms with Crippen LogP contribution in [0.3, 0.4) is 0 Å². The molecule has 1 fully saturated rings. The minimum absolute atomic E-state index is 0.0947. The topological polar surface area (TPSA) is 113 Å². The standard InChI is InChI=1S/C26H25ClN4O4/c27-21-9-5-4-8-19(21)16-28-22-13-10-18(15-24(22)31(34)35)25(32)30-23(26(33)29-20-11-12-20)14-17-6-2-1-3-7-17/h1-10,13,15,20,23,28H,11-12,14,16H2,(H,29,33)(H,30,32)/t23-/m0/s1. The molecular weight excluding hydrogens is 468 g/mol. The Morgan fingerprint density at radius 2 is 1.74 bits per heavy atom. The van der Waals surface area contributed by atoms with Gasteiger partial charge in [-0.05, 0) is 42.2 Å². The summed E-state index contributed by atoms with van der Waals surface area (Å²) in [6.45, 7) is 0.284. The number of hydrogen-bond donors (Lipinski definition) is 3. The van der Waals surface area contributed by atoms with Crippen LogP contribution in [0.5, 0.6) is 0 Å². The van der Waals surface area contributed by atoms with Crippen molar-refractivity contribution in [2.45, 2.75) is 37.9 Å². The highest BCUT2D eigenvalue weighted by molar-refractivity contribution is 6.31. The van der Waals surface area contributed by atoms with Crippen molar-refractivity contribution in [2.75, 3.05) is 5.32 Å². The first-order valence-corrected chi connectivity index (χ1v) is 11.7. The van der Waals surface area contributed by atoms with Gasteiger partial charge in [0.2, 0.25) is 5.91 Å². The molecule has 1 atom stereocenters. The molecule has 4 rings (SSSR count). The lowest BCUT2D eigenvalue weighted by Gasteiger charge is -2.19. The van der Waals surface area contributed by atoms with Gasteiger partial charge in [0.15, 0.2) is 0 Å². The van der Waals surface area contributed by atoms with Crippen LogP contribution in [0.15, 0.2) is 72.8 Å². The van der Waals surface area contributed by atoms with Gasteiger partial charge < -0.3 is 16.0 Å². The molecule has 35 heavy (non-hydrogen) atoms. The van der Waals surface area contributed by atoms with Crippen LogP contribution in [-0.4, -0.2) is 28.8 Å². The van der Waals surface area contributed by atoms with E-state index >= 15 is 0 Å². The number of nitro groups is 1.